The van der Waals surface area contributed by atoms with E-state index < -0.39 is 0 Å². The van der Waals surface area contributed by atoms with E-state index in [1.165, 1.54) is 27.4 Å². The maximum absolute atomic E-state index is 12.6. The molecule has 2 aromatic carbocycles. The Hall–Kier alpha value is -3.35. The second-order valence-corrected chi connectivity index (χ2v) is 5.59. The Labute approximate surface area is 148 Å². The largest absolute Gasteiger partial charge is 0.493 e. The van der Waals surface area contributed by atoms with Gasteiger partial charge in [-0.05, 0) is 18.2 Å². The van der Waals surface area contributed by atoms with Gasteiger partial charge in [0.15, 0.2) is 28.4 Å². The van der Waals surface area contributed by atoms with Gasteiger partial charge in [-0.15, -0.1) is 0 Å². The van der Waals surface area contributed by atoms with Gasteiger partial charge in [-0.3, -0.25) is 4.79 Å². The first kappa shape index (κ1) is 16.1. The number of hydrogen-bond acceptors (Lipinski definition) is 7. The van der Waals surface area contributed by atoms with E-state index in [2.05, 4.69) is 0 Å². The Morgan fingerprint density at radius 2 is 1.50 bits per heavy atom. The molecule has 0 atom stereocenters. The van der Waals surface area contributed by atoms with Crippen molar-refractivity contribution in [1.82, 2.24) is 0 Å². The lowest BCUT2D eigenvalue weighted by molar-refractivity contribution is 0.174. The second-order valence-electron chi connectivity index (χ2n) is 5.59. The fraction of sp³-hybridized carbons (Fsp3) is 0.211. The van der Waals surface area contributed by atoms with Gasteiger partial charge < -0.3 is 28.1 Å². The van der Waals surface area contributed by atoms with Crippen LogP contribution in [0.3, 0.4) is 0 Å². The summed E-state index contributed by atoms with van der Waals surface area (Å²) in [7, 11) is 4.58. The smallest absolute Gasteiger partial charge is 0.231 e. The van der Waals surface area contributed by atoms with Crippen molar-refractivity contribution in [3.63, 3.8) is 0 Å². The Morgan fingerprint density at radius 1 is 0.846 bits per heavy atom. The molecule has 0 unspecified atom stereocenters. The highest BCUT2D eigenvalue weighted by atomic mass is 16.7. The van der Waals surface area contributed by atoms with E-state index >= 15 is 0 Å². The molecule has 2 heterocycles. The molecule has 1 aromatic heterocycles. The Morgan fingerprint density at radius 3 is 2.12 bits per heavy atom. The third-order valence-electron chi connectivity index (χ3n) is 4.17. The highest BCUT2D eigenvalue weighted by Gasteiger charge is 2.19. The summed E-state index contributed by atoms with van der Waals surface area (Å²) in [6.07, 6.45) is 0. The first-order valence-electron chi connectivity index (χ1n) is 7.82. The number of methoxy groups -OCH3 is 3. The van der Waals surface area contributed by atoms with Crippen molar-refractivity contribution in [2.24, 2.45) is 0 Å². The second kappa shape index (κ2) is 6.18. The van der Waals surface area contributed by atoms with Crippen molar-refractivity contribution >= 4 is 11.0 Å². The lowest BCUT2D eigenvalue weighted by atomic mass is 10.1. The summed E-state index contributed by atoms with van der Waals surface area (Å²) < 4.78 is 32.6. The van der Waals surface area contributed by atoms with E-state index in [1.807, 2.05) is 0 Å². The first-order chi connectivity index (χ1) is 12.6. The Bertz CT molecular complexity index is 1030. The van der Waals surface area contributed by atoms with E-state index in [0.717, 1.165) is 0 Å². The molecule has 1 aliphatic rings. The van der Waals surface area contributed by atoms with E-state index in [9.17, 15) is 4.79 Å². The summed E-state index contributed by atoms with van der Waals surface area (Å²) in [4.78, 5) is 12.6. The summed E-state index contributed by atoms with van der Waals surface area (Å²) in [5.74, 6) is 2.85. The predicted molar refractivity (Wildman–Crippen MR) is 93.7 cm³/mol. The zero-order valence-corrected chi connectivity index (χ0v) is 14.5. The molecule has 26 heavy (non-hydrogen) atoms. The average molecular weight is 356 g/mol. The van der Waals surface area contributed by atoms with Crippen LogP contribution in [0.4, 0.5) is 0 Å². The average Bonchev–Trinajstić information content (AvgIpc) is 3.12. The number of benzene rings is 2. The van der Waals surface area contributed by atoms with E-state index in [1.54, 1.807) is 24.3 Å². The molecule has 0 amide bonds. The molecule has 7 nitrogen and oxygen atoms in total. The highest BCUT2D eigenvalue weighted by Crippen LogP contribution is 2.42. The molecule has 134 valence electrons. The Kier molecular flexibility index (Phi) is 3.84. The molecule has 0 aliphatic carbocycles. The van der Waals surface area contributed by atoms with E-state index in [4.69, 9.17) is 28.1 Å². The van der Waals surface area contributed by atoms with Crippen LogP contribution in [0, 0.1) is 0 Å². The maximum atomic E-state index is 12.6. The van der Waals surface area contributed by atoms with E-state index in [0.29, 0.717) is 51.0 Å². The van der Waals surface area contributed by atoms with Crippen molar-refractivity contribution < 1.29 is 28.1 Å². The third kappa shape index (κ3) is 2.48. The quantitative estimate of drug-likeness (QED) is 0.710. The molecule has 0 radical (unpaired) electrons. The predicted octanol–water partition coefficient (Wildman–Crippen LogP) is 3.21. The molecule has 0 saturated carbocycles. The van der Waals surface area contributed by atoms with Gasteiger partial charge in [0.2, 0.25) is 12.5 Å². The SMILES string of the molecule is COc1cc(-c2cc(=O)c3cc4c(cc3o2)OCO4)cc(OC)c1OC. The lowest BCUT2D eigenvalue weighted by Crippen LogP contribution is -2.01. The van der Waals surface area contributed by atoms with Gasteiger partial charge in [0, 0.05) is 17.7 Å². The van der Waals surface area contributed by atoms with Crippen LogP contribution in [-0.2, 0) is 0 Å². The summed E-state index contributed by atoms with van der Waals surface area (Å²) in [5.41, 5.74) is 0.843. The fourth-order valence-electron chi connectivity index (χ4n) is 2.91. The summed E-state index contributed by atoms with van der Waals surface area (Å²) >= 11 is 0. The molecule has 0 saturated heterocycles. The van der Waals surface area contributed by atoms with Gasteiger partial charge >= 0.3 is 0 Å². The monoisotopic (exact) mass is 356 g/mol. The fourth-order valence-corrected chi connectivity index (χ4v) is 2.91. The Balaban J connectivity index is 1.92. The van der Waals surface area contributed by atoms with Crippen molar-refractivity contribution in [2.45, 2.75) is 0 Å². The minimum atomic E-state index is -0.187. The molecule has 0 N–H and O–H groups in total. The van der Waals surface area contributed by atoms with Crippen molar-refractivity contribution in [3.05, 3.63) is 40.6 Å². The normalized spacial score (nSPS) is 12.3. The molecular formula is C19H16O7. The zero-order chi connectivity index (χ0) is 18.3. The summed E-state index contributed by atoms with van der Waals surface area (Å²) in [6.45, 7) is 0.125. The summed E-state index contributed by atoms with van der Waals surface area (Å²) in [5, 5.41) is 0.422. The molecule has 0 spiro atoms. The zero-order valence-electron chi connectivity index (χ0n) is 14.5. The van der Waals surface area contributed by atoms with Crippen molar-refractivity contribution in [2.75, 3.05) is 28.1 Å². The van der Waals surface area contributed by atoms with Crippen LogP contribution in [0.15, 0.2) is 39.5 Å². The highest BCUT2D eigenvalue weighted by molar-refractivity contribution is 5.83. The van der Waals surface area contributed by atoms with Crippen LogP contribution in [0.5, 0.6) is 28.7 Å². The van der Waals surface area contributed by atoms with Gasteiger partial charge in [0.1, 0.15) is 11.3 Å². The van der Waals surface area contributed by atoms with Crippen molar-refractivity contribution in [3.8, 4) is 40.1 Å². The van der Waals surface area contributed by atoms with Crippen LogP contribution in [0.2, 0.25) is 0 Å². The molecule has 0 bridgehead atoms. The number of fused-ring (bicyclic) bond motifs is 2. The van der Waals surface area contributed by atoms with Gasteiger partial charge in [-0.1, -0.05) is 0 Å². The van der Waals surface area contributed by atoms with Crippen LogP contribution >= 0.6 is 0 Å². The third-order valence-corrected chi connectivity index (χ3v) is 4.17. The van der Waals surface area contributed by atoms with Gasteiger partial charge in [-0.2, -0.15) is 0 Å². The van der Waals surface area contributed by atoms with Gasteiger partial charge in [0.25, 0.3) is 0 Å². The molecular weight excluding hydrogens is 340 g/mol. The van der Waals surface area contributed by atoms with Crippen LogP contribution in [0.25, 0.3) is 22.3 Å². The first-order valence-corrected chi connectivity index (χ1v) is 7.82. The molecule has 0 fully saturated rings. The minimum Gasteiger partial charge on any atom is -0.493 e. The van der Waals surface area contributed by atoms with Crippen LogP contribution < -0.4 is 29.1 Å². The standard InChI is InChI=1S/C19H16O7/c1-21-17-4-10(5-18(22-2)19(17)23-3)13-7-12(20)11-6-15-16(25-9-24-15)8-14(11)26-13/h4-8H,9H2,1-3H3. The van der Waals surface area contributed by atoms with Crippen LogP contribution in [0.1, 0.15) is 0 Å². The lowest BCUT2D eigenvalue weighted by Gasteiger charge is -2.14. The topological polar surface area (TPSA) is 76.4 Å². The summed E-state index contributed by atoms with van der Waals surface area (Å²) in [6, 6.07) is 8.14. The number of ether oxygens (including phenoxy) is 5. The van der Waals surface area contributed by atoms with Crippen molar-refractivity contribution in [1.29, 1.82) is 0 Å². The minimum absolute atomic E-state index is 0.125. The van der Waals surface area contributed by atoms with Crippen LogP contribution in [-0.4, -0.2) is 28.1 Å². The molecule has 7 heteroatoms. The molecule has 4 rings (SSSR count). The van der Waals surface area contributed by atoms with E-state index in [-0.39, 0.29) is 12.2 Å². The van der Waals surface area contributed by atoms with Gasteiger partial charge in [-0.25, -0.2) is 0 Å². The molecule has 3 aromatic rings. The van der Waals surface area contributed by atoms with Gasteiger partial charge in [0.05, 0.1) is 26.7 Å². The molecule has 1 aliphatic heterocycles. The number of rotatable bonds is 4. The number of hydrogen-bond donors (Lipinski definition) is 0. The maximum Gasteiger partial charge on any atom is 0.231 e.